The fourth-order valence-corrected chi connectivity index (χ4v) is 2.14. The molecule has 0 saturated carbocycles. The number of rotatable bonds is 2. The van der Waals surface area contributed by atoms with Gasteiger partial charge in [-0.2, -0.15) is 0 Å². The van der Waals surface area contributed by atoms with E-state index in [0.717, 1.165) is 5.39 Å². The van der Waals surface area contributed by atoms with Crippen LogP contribution >= 0.6 is 0 Å². The molecule has 0 amide bonds. The third kappa shape index (κ3) is 1.97. The smallest absolute Gasteiger partial charge is 0.375 e. The average Bonchev–Trinajstić information content (AvgIpc) is 2.95. The first kappa shape index (κ1) is 11.8. The first-order valence-corrected chi connectivity index (χ1v) is 6.02. The highest BCUT2D eigenvalue weighted by molar-refractivity contribution is 5.96. The topological polar surface area (TPSA) is 65.7 Å². The van der Waals surface area contributed by atoms with Crippen molar-refractivity contribution in [2.45, 2.75) is 19.4 Å². The van der Waals surface area contributed by atoms with Crippen LogP contribution in [0.5, 0.6) is 0 Å². The second kappa shape index (κ2) is 4.42. The fourth-order valence-electron chi connectivity index (χ4n) is 2.14. The normalized spacial score (nSPS) is 18.6. The molecule has 98 valence electrons. The van der Waals surface area contributed by atoms with Crippen LogP contribution in [-0.4, -0.2) is 24.6 Å². The minimum Gasteiger partial charge on any atom is -0.463 e. The minimum atomic E-state index is -0.819. The van der Waals surface area contributed by atoms with E-state index in [0.29, 0.717) is 17.6 Å². The number of aryl methyl sites for hydroxylation is 1. The van der Waals surface area contributed by atoms with Crippen LogP contribution in [0.2, 0.25) is 0 Å². The number of esters is 2. The Morgan fingerprint density at radius 2 is 2.16 bits per heavy atom. The molecule has 1 unspecified atom stereocenters. The van der Waals surface area contributed by atoms with Gasteiger partial charge < -0.3 is 13.9 Å². The summed E-state index contributed by atoms with van der Waals surface area (Å²) in [7, 11) is 0. The van der Waals surface area contributed by atoms with Gasteiger partial charge in [0.2, 0.25) is 11.9 Å². The zero-order valence-electron chi connectivity index (χ0n) is 10.3. The van der Waals surface area contributed by atoms with Gasteiger partial charge in [0.15, 0.2) is 0 Å². The summed E-state index contributed by atoms with van der Waals surface area (Å²) in [4.78, 5) is 23.3. The van der Waals surface area contributed by atoms with E-state index >= 15 is 0 Å². The molecule has 5 nitrogen and oxygen atoms in total. The van der Waals surface area contributed by atoms with Crippen LogP contribution in [-0.2, 0) is 14.3 Å². The highest BCUT2D eigenvalue weighted by Gasteiger charge is 2.32. The van der Waals surface area contributed by atoms with Gasteiger partial charge in [-0.1, -0.05) is 18.2 Å². The summed E-state index contributed by atoms with van der Waals surface area (Å²) in [6.07, 6.45) is -0.427. The molecule has 0 N–H and O–H groups in total. The van der Waals surface area contributed by atoms with E-state index in [1.54, 1.807) is 13.0 Å². The van der Waals surface area contributed by atoms with E-state index in [9.17, 15) is 9.59 Å². The molecule has 19 heavy (non-hydrogen) atoms. The van der Waals surface area contributed by atoms with Gasteiger partial charge in [-0.3, -0.25) is 0 Å². The molecule has 1 aromatic heterocycles. The van der Waals surface area contributed by atoms with Gasteiger partial charge in [0, 0.05) is 17.4 Å². The lowest BCUT2D eigenvalue weighted by Gasteiger charge is -2.06. The lowest BCUT2D eigenvalue weighted by Crippen LogP contribution is -2.22. The summed E-state index contributed by atoms with van der Waals surface area (Å²) in [6, 6.07) is 7.35. The molecule has 1 atom stereocenters. The maximum absolute atomic E-state index is 12.0. The molecule has 0 bridgehead atoms. The van der Waals surface area contributed by atoms with Crippen molar-refractivity contribution in [2.75, 3.05) is 6.61 Å². The van der Waals surface area contributed by atoms with Crippen LogP contribution in [0.1, 0.15) is 22.5 Å². The number of fused-ring (bicyclic) bond motifs is 1. The quantitative estimate of drug-likeness (QED) is 0.774. The van der Waals surface area contributed by atoms with E-state index in [-0.39, 0.29) is 12.4 Å². The van der Waals surface area contributed by atoms with Crippen molar-refractivity contribution in [1.82, 2.24) is 0 Å². The molecular weight excluding hydrogens is 248 g/mol. The third-order valence-corrected chi connectivity index (χ3v) is 3.17. The van der Waals surface area contributed by atoms with Crippen molar-refractivity contribution in [3.63, 3.8) is 0 Å². The Kier molecular flexibility index (Phi) is 2.74. The van der Waals surface area contributed by atoms with E-state index in [1.165, 1.54) is 0 Å². The number of hydrogen-bond acceptors (Lipinski definition) is 5. The summed E-state index contributed by atoms with van der Waals surface area (Å²) >= 11 is 0. The van der Waals surface area contributed by atoms with Gasteiger partial charge in [-0.15, -0.1) is 0 Å². The van der Waals surface area contributed by atoms with Crippen LogP contribution in [0, 0.1) is 6.92 Å². The van der Waals surface area contributed by atoms with Crippen molar-refractivity contribution in [3.05, 3.63) is 35.6 Å². The van der Waals surface area contributed by atoms with Gasteiger partial charge >= 0.3 is 11.9 Å². The molecule has 0 spiro atoms. The summed E-state index contributed by atoms with van der Waals surface area (Å²) in [5.74, 6) is -0.986. The highest BCUT2D eigenvalue weighted by Crippen LogP contribution is 2.26. The lowest BCUT2D eigenvalue weighted by molar-refractivity contribution is -0.145. The molecule has 0 radical (unpaired) electrons. The van der Waals surface area contributed by atoms with E-state index in [2.05, 4.69) is 0 Å². The molecule has 1 saturated heterocycles. The highest BCUT2D eigenvalue weighted by atomic mass is 16.6. The zero-order valence-corrected chi connectivity index (χ0v) is 10.3. The summed E-state index contributed by atoms with van der Waals surface area (Å²) in [5.41, 5.74) is 1.34. The predicted octanol–water partition coefficient (Wildman–Crippen LogP) is 2.21. The lowest BCUT2D eigenvalue weighted by atomic mass is 10.1. The second-order valence-electron chi connectivity index (χ2n) is 4.40. The summed E-state index contributed by atoms with van der Waals surface area (Å²) < 4.78 is 15.3. The van der Waals surface area contributed by atoms with Gasteiger partial charge in [0.25, 0.3) is 0 Å². The summed E-state index contributed by atoms with van der Waals surface area (Å²) in [6.45, 7) is 2.07. The zero-order chi connectivity index (χ0) is 13.4. The first-order chi connectivity index (χ1) is 9.16. The molecule has 5 heteroatoms. The molecule has 1 aromatic carbocycles. The van der Waals surface area contributed by atoms with E-state index < -0.39 is 18.0 Å². The molecule has 1 aliphatic rings. The van der Waals surface area contributed by atoms with Crippen LogP contribution in [0.15, 0.2) is 28.7 Å². The van der Waals surface area contributed by atoms with Crippen molar-refractivity contribution < 1.29 is 23.5 Å². The second-order valence-corrected chi connectivity index (χ2v) is 4.40. The van der Waals surface area contributed by atoms with Gasteiger partial charge in [-0.25, -0.2) is 9.59 Å². The molecular formula is C14H12O5. The number of para-hydroxylation sites is 1. The van der Waals surface area contributed by atoms with Gasteiger partial charge in [0.05, 0.1) is 6.61 Å². The Labute approximate surface area is 109 Å². The minimum absolute atomic E-state index is 0.140. The standard InChI is InChI=1S/C14H12O5/c1-8-9-4-2-3-5-10(9)18-12(8)14(16)19-11-6-7-17-13(11)15/h2-5,11H,6-7H2,1H3. The van der Waals surface area contributed by atoms with Crippen molar-refractivity contribution in [1.29, 1.82) is 0 Å². The van der Waals surface area contributed by atoms with E-state index in [1.807, 2.05) is 18.2 Å². The monoisotopic (exact) mass is 260 g/mol. The Balaban J connectivity index is 1.89. The molecule has 1 aliphatic heterocycles. The van der Waals surface area contributed by atoms with E-state index in [4.69, 9.17) is 13.9 Å². The van der Waals surface area contributed by atoms with Crippen LogP contribution < -0.4 is 0 Å². The molecule has 2 heterocycles. The van der Waals surface area contributed by atoms with Crippen molar-refractivity contribution in [3.8, 4) is 0 Å². The predicted molar refractivity (Wildman–Crippen MR) is 65.7 cm³/mol. The Morgan fingerprint density at radius 1 is 1.37 bits per heavy atom. The number of benzene rings is 1. The SMILES string of the molecule is Cc1c(C(=O)OC2CCOC2=O)oc2ccccc12. The Morgan fingerprint density at radius 3 is 2.84 bits per heavy atom. The van der Waals surface area contributed by atoms with Crippen molar-refractivity contribution >= 4 is 22.9 Å². The number of ether oxygens (including phenoxy) is 2. The summed E-state index contributed by atoms with van der Waals surface area (Å²) in [5, 5.41) is 0.864. The van der Waals surface area contributed by atoms with Gasteiger partial charge in [0.1, 0.15) is 5.58 Å². The average molecular weight is 260 g/mol. The van der Waals surface area contributed by atoms with Crippen LogP contribution in [0.25, 0.3) is 11.0 Å². The first-order valence-electron chi connectivity index (χ1n) is 6.02. The number of carbonyl (C=O) groups excluding carboxylic acids is 2. The molecule has 3 rings (SSSR count). The molecule has 0 aliphatic carbocycles. The maximum atomic E-state index is 12.0. The molecule has 2 aromatic rings. The number of furan rings is 1. The number of cyclic esters (lactones) is 1. The maximum Gasteiger partial charge on any atom is 0.375 e. The number of hydrogen-bond donors (Lipinski definition) is 0. The van der Waals surface area contributed by atoms with Crippen LogP contribution in [0.3, 0.4) is 0 Å². The van der Waals surface area contributed by atoms with Gasteiger partial charge in [-0.05, 0) is 13.0 Å². The Bertz CT molecular complexity index is 655. The fraction of sp³-hybridized carbons (Fsp3) is 0.286. The number of carbonyl (C=O) groups is 2. The Hall–Kier alpha value is -2.30. The van der Waals surface area contributed by atoms with Crippen LogP contribution in [0.4, 0.5) is 0 Å². The van der Waals surface area contributed by atoms with Crippen molar-refractivity contribution in [2.24, 2.45) is 0 Å². The largest absolute Gasteiger partial charge is 0.463 e. The molecule has 1 fully saturated rings. The third-order valence-electron chi connectivity index (χ3n) is 3.17.